The van der Waals surface area contributed by atoms with E-state index in [1.165, 1.54) is 7.11 Å². The van der Waals surface area contributed by atoms with Gasteiger partial charge in [-0.15, -0.1) is 0 Å². The third-order valence-corrected chi connectivity index (χ3v) is 3.99. The number of carbonyl (C=O) groups is 2. The lowest BCUT2D eigenvalue weighted by Crippen LogP contribution is -2.42. The highest BCUT2D eigenvalue weighted by Gasteiger charge is 2.53. The van der Waals surface area contributed by atoms with E-state index in [2.05, 4.69) is 0 Å². The fraction of sp³-hybridized carbons (Fsp3) is 0.176. The lowest BCUT2D eigenvalue weighted by atomic mass is 9.77. The van der Waals surface area contributed by atoms with Gasteiger partial charge < -0.3 is 9.84 Å². The van der Waals surface area contributed by atoms with E-state index < -0.39 is 12.0 Å². The quantitative estimate of drug-likeness (QED) is 0.875. The van der Waals surface area contributed by atoms with E-state index in [1.807, 2.05) is 0 Å². The predicted molar refractivity (Wildman–Crippen MR) is 76.9 cm³/mol. The van der Waals surface area contributed by atoms with Gasteiger partial charge in [-0.05, 0) is 23.8 Å². The molecule has 1 aliphatic rings. The standard InChI is InChI=1S/C17H14O4/c1-21-12-7-8-13-14(9-12)16(20)17(10-18,15(13)19)11-5-3-2-4-6-11/h2-9,18H,10H2,1H3. The Morgan fingerprint density at radius 1 is 1.00 bits per heavy atom. The lowest BCUT2D eigenvalue weighted by Gasteiger charge is -2.23. The second-order valence-electron chi connectivity index (χ2n) is 5.00. The maximum Gasteiger partial charge on any atom is 0.184 e. The number of rotatable bonds is 3. The number of aliphatic hydroxyl groups is 1. The van der Waals surface area contributed by atoms with Crippen molar-refractivity contribution >= 4 is 11.6 Å². The van der Waals surface area contributed by atoms with E-state index in [4.69, 9.17) is 4.74 Å². The number of ether oxygens (including phenoxy) is 1. The van der Waals surface area contributed by atoms with Crippen LogP contribution in [0, 0.1) is 0 Å². The van der Waals surface area contributed by atoms with Gasteiger partial charge in [0.25, 0.3) is 0 Å². The van der Waals surface area contributed by atoms with Crippen molar-refractivity contribution in [2.45, 2.75) is 5.41 Å². The molecular formula is C17H14O4. The Labute approximate surface area is 122 Å². The van der Waals surface area contributed by atoms with E-state index in [9.17, 15) is 14.7 Å². The van der Waals surface area contributed by atoms with Gasteiger partial charge in [0.1, 0.15) is 11.2 Å². The van der Waals surface area contributed by atoms with Gasteiger partial charge in [0.15, 0.2) is 11.6 Å². The molecule has 4 heteroatoms. The molecule has 3 rings (SSSR count). The topological polar surface area (TPSA) is 63.6 Å². The molecule has 1 atom stereocenters. The highest BCUT2D eigenvalue weighted by atomic mass is 16.5. The zero-order chi connectivity index (χ0) is 15.0. The van der Waals surface area contributed by atoms with Crippen LogP contribution in [0.5, 0.6) is 5.75 Å². The summed E-state index contributed by atoms with van der Waals surface area (Å²) in [6.45, 7) is -0.550. The van der Waals surface area contributed by atoms with Crippen LogP contribution in [0.25, 0.3) is 0 Å². The molecule has 0 bridgehead atoms. The Morgan fingerprint density at radius 3 is 2.29 bits per heavy atom. The van der Waals surface area contributed by atoms with Crippen LogP contribution in [0.3, 0.4) is 0 Å². The predicted octanol–water partition coefficient (Wildman–Crippen LogP) is 2.00. The molecule has 0 fully saturated rings. The van der Waals surface area contributed by atoms with Crippen LogP contribution in [-0.2, 0) is 5.41 Å². The maximum absolute atomic E-state index is 12.8. The fourth-order valence-electron chi connectivity index (χ4n) is 2.82. The molecule has 2 aromatic carbocycles. The molecule has 0 amide bonds. The third kappa shape index (κ3) is 1.73. The maximum atomic E-state index is 12.8. The zero-order valence-electron chi connectivity index (χ0n) is 11.5. The molecule has 0 saturated carbocycles. The summed E-state index contributed by atoms with van der Waals surface area (Å²) in [5, 5.41) is 9.84. The molecule has 0 spiro atoms. The SMILES string of the molecule is COc1ccc2c(c1)C(=O)C(CO)(c1ccccc1)C2=O. The number of carbonyl (C=O) groups excluding carboxylic acids is 2. The van der Waals surface area contributed by atoms with E-state index in [1.54, 1.807) is 48.5 Å². The Bertz CT molecular complexity index is 721. The Kier molecular flexibility index (Phi) is 3.11. The van der Waals surface area contributed by atoms with Crippen molar-refractivity contribution in [3.63, 3.8) is 0 Å². The molecule has 1 aliphatic carbocycles. The minimum atomic E-state index is -1.53. The smallest absolute Gasteiger partial charge is 0.184 e. The summed E-state index contributed by atoms with van der Waals surface area (Å²) >= 11 is 0. The Balaban J connectivity index is 2.22. The second kappa shape index (κ2) is 4.82. The zero-order valence-corrected chi connectivity index (χ0v) is 11.5. The molecule has 4 nitrogen and oxygen atoms in total. The van der Waals surface area contributed by atoms with Gasteiger partial charge in [-0.3, -0.25) is 9.59 Å². The van der Waals surface area contributed by atoms with Crippen LogP contribution in [0.4, 0.5) is 0 Å². The van der Waals surface area contributed by atoms with E-state index in [-0.39, 0.29) is 11.6 Å². The lowest BCUT2D eigenvalue weighted by molar-refractivity contribution is 0.0711. The molecule has 0 heterocycles. The van der Waals surface area contributed by atoms with Crippen molar-refractivity contribution in [1.82, 2.24) is 0 Å². The summed E-state index contributed by atoms with van der Waals surface area (Å²) in [6.07, 6.45) is 0. The summed E-state index contributed by atoms with van der Waals surface area (Å²) in [4.78, 5) is 25.5. The number of hydrogen-bond acceptors (Lipinski definition) is 4. The Morgan fingerprint density at radius 2 is 1.67 bits per heavy atom. The van der Waals surface area contributed by atoms with Gasteiger partial charge in [0, 0.05) is 11.1 Å². The number of Topliss-reactive ketones (excluding diaryl/α,β-unsaturated/α-hetero) is 2. The molecule has 0 aliphatic heterocycles. The highest BCUT2D eigenvalue weighted by Crippen LogP contribution is 2.40. The van der Waals surface area contributed by atoms with E-state index in [0.717, 1.165) is 0 Å². The van der Waals surface area contributed by atoms with Gasteiger partial charge >= 0.3 is 0 Å². The highest BCUT2D eigenvalue weighted by molar-refractivity contribution is 6.33. The van der Waals surface area contributed by atoms with Crippen molar-refractivity contribution in [3.8, 4) is 5.75 Å². The van der Waals surface area contributed by atoms with Crippen LogP contribution in [0.15, 0.2) is 48.5 Å². The fourth-order valence-corrected chi connectivity index (χ4v) is 2.82. The van der Waals surface area contributed by atoms with Crippen molar-refractivity contribution < 1.29 is 19.4 Å². The van der Waals surface area contributed by atoms with Crippen LogP contribution < -0.4 is 4.74 Å². The Hall–Kier alpha value is -2.46. The minimum absolute atomic E-state index is 0.303. The molecule has 1 N–H and O–H groups in total. The van der Waals surface area contributed by atoms with E-state index in [0.29, 0.717) is 22.4 Å². The first kappa shape index (κ1) is 13.5. The number of hydrogen-bond donors (Lipinski definition) is 1. The summed E-state index contributed by atoms with van der Waals surface area (Å²) in [6, 6.07) is 13.4. The number of ketones is 2. The molecular weight excluding hydrogens is 268 g/mol. The third-order valence-electron chi connectivity index (χ3n) is 3.99. The van der Waals surface area contributed by atoms with Crippen LogP contribution in [0.1, 0.15) is 26.3 Å². The van der Waals surface area contributed by atoms with Gasteiger partial charge in [-0.1, -0.05) is 30.3 Å². The monoisotopic (exact) mass is 282 g/mol. The van der Waals surface area contributed by atoms with Gasteiger partial charge in [0.05, 0.1) is 13.7 Å². The molecule has 2 aromatic rings. The van der Waals surface area contributed by atoms with Crippen molar-refractivity contribution in [3.05, 3.63) is 65.2 Å². The average Bonchev–Trinajstić information content (AvgIpc) is 2.76. The van der Waals surface area contributed by atoms with Gasteiger partial charge in [0.2, 0.25) is 0 Å². The number of fused-ring (bicyclic) bond motifs is 1. The normalized spacial score (nSPS) is 20.5. The summed E-state index contributed by atoms with van der Waals surface area (Å²) in [5.74, 6) is -0.231. The molecule has 0 radical (unpaired) electrons. The molecule has 1 unspecified atom stereocenters. The molecule has 0 aromatic heterocycles. The summed E-state index contributed by atoms with van der Waals surface area (Å²) in [7, 11) is 1.50. The van der Waals surface area contributed by atoms with Gasteiger partial charge in [-0.2, -0.15) is 0 Å². The molecule has 21 heavy (non-hydrogen) atoms. The van der Waals surface area contributed by atoms with Crippen molar-refractivity contribution in [1.29, 1.82) is 0 Å². The van der Waals surface area contributed by atoms with E-state index >= 15 is 0 Å². The molecule has 0 saturated heterocycles. The number of benzene rings is 2. The van der Waals surface area contributed by atoms with Crippen molar-refractivity contribution in [2.75, 3.05) is 13.7 Å². The second-order valence-corrected chi connectivity index (χ2v) is 5.00. The largest absolute Gasteiger partial charge is 0.497 e. The summed E-state index contributed by atoms with van der Waals surface area (Å²) in [5.41, 5.74) is -0.385. The van der Waals surface area contributed by atoms with Crippen LogP contribution >= 0.6 is 0 Å². The van der Waals surface area contributed by atoms with Crippen LogP contribution in [-0.4, -0.2) is 30.4 Å². The van der Waals surface area contributed by atoms with Crippen molar-refractivity contribution in [2.24, 2.45) is 0 Å². The first-order valence-corrected chi connectivity index (χ1v) is 6.59. The first-order chi connectivity index (χ1) is 10.1. The number of aliphatic hydroxyl groups excluding tert-OH is 1. The molecule has 106 valence electrons. The average molecular weight is 282 g/mol. The summed E-state index contributed by atoms with van der Waals surface area (Å²) < 4.78 is 5.10. The van der Waals surface area contributed by atoms with Gasteiger partial charge in [-0.25, -0.2) is 0 Å². The minimum Gasteiger partial charge on any atom is -0.497 e. The first-order valence-electron chi connectivity index (χ1n) is 6.59. The van der Waals surface area contributed by atoms with Crippen LogP contribution in [0.2, 0.25) is 0 Å². The number of methoxy groups -OCH3 is 1.